The van der Waals surface area contributed by atoms with Gasteiger partial charge in [0.1, 0.15) is 0 Å². The molecule has 0 aliphatic heterocycles. The van der Waals surface area contributed by atoms with Gasteiger partial charge >= 0.3 is 6.03 Å². The van der Waals surface area contributed by atoms with E-state index in [0.29, 0.717) is 5.69 Å². The van der Waals surface area contributed by atoms with Crippen LogP contribution in [0.4, 0.5) is 10.5 Å². The maximum atomic E-state index is 10.6. The van der Waals surface area contributed by atoms with E-state index in [1.165, 1.54) is 0 Å². The second-order valence-electron chi connectivity index (χ2n) is 2.46. The van der Waals surface area contributed by atoms with Crippen molar-refractivity contribution in [2.45, 2.75) is 6.61 Å². The Balaban J connectivity index is 2.84. The zero-order valence-corrected chi connectivity index (χ0v) is 6.99. The second kappa shape index (κ2) is 4.44. The molecule has 0 saturated heterocycles. The summed E-state index contributed by atoms with van der Waals surface area (Å²) in [7, 11) is 0. The standard InChI is InChI=1S/C8H11N3O2/c9-8(12)11-7-4-2-1-3-6(7)5-13-10/h1-4H,5,10H2,(H3,9,11,12). The molecule has 0 heterocycles. The molecule has 0 aromatic heterocycles. The van der Waals surface area contributed by atoms with Crippen molar-refractivity contribution in [2.24, 2.45) is 11.6 Å². The van der Waals surface area contributed by atoms with Crippen LogP contribution in [0.1, 0.15) is 5.56 Å². The van der Waals surface area contributed by atoms with Gasteiger partial charge in [-0.3, -0.25) is 4.84 Å². The lowest BCUT2D eigenvalue weighted by Crippen LogP contribution is -2.20. The highest BCUT2D eigenvalue weighted by Gasteiger charge is 2.02. The van der Waals surface area contributed by atoms with E-state index in [-0.39, 0.29) is 6.61 Å². The van der Waals surface area contributed by atoms with Gasteiger partial charge in [0.2, 0.25) is 0 Å². The van der Waals surface area contributed by atoms with E-state index in [1.807, 2.05) is 6.07 Å². The van der Waals surface area contributed by atoms with E-state index in [9.17, 15) is 4.79 Å². The van der Waals surface area contributed by atoms with Crippen LogP contribution in [-0.4, -0.2) is 6.03 Å². The Morgan fingerprint density at radius 3 is 2.77 bits per heavy atom. The molecule has 0 bridgehead atoms. The number of benzene rings is 1. The third-order valence-corrected chi connectivity index (χ3v) is 1.51. The summed E-state index contributed by atoms with van der Waals surface area (Å²) in [5.41, 5.74) is 6.36. The highest BCUT2D eigenvalue weighted by Crippen LogP contribution is 2.14. The molecular formula is C8H11N3O2. The molecule has 1 aromatic rings. The molecule has 0 aliphatic carbocycles. The molecule has 2 amide bonds. The number of rotatable bonds is 3. The largest absolute Gasteiger partial charge is 0.351 e. The van der Waals surface area contributed by atoms with Gasteiger partial charge in [-0.05, 0) is 6.07 Å². The number of hydrogen-bond acceptors (Lipinski definition) is 3. The van der Waals surface area contributed by atoms with Crippen molar-refractivity contribution in [3.63, 3.8) is 0 Å². The van der Waals surface area contributed by atoms with Crippen LogP contribution in [0, 0.1) is 0 Å². The fraction of sp³-hybridized carbons (Fsp3) is 0.125. The first kappa shape index (κ1) is 9.50. The Morgan fingerprint density at radius 1 is 1.46 bits per heavy atom. The zero-order chi connectivity index (χ0) is 9.68. The molecule has 0 aliphatic rings. The highest BCUT2D eigenvalue weighted by molar-refractivity contribution is 5.88. The summed E-state index contributed by atoms with van der Waals surface area (Å²) in [5.74, 6) is 4.92. The van der Waals surface area contributed by atoms with E-state index in [1.54, 1.807) is 18.2 Å². The fourth-order valence-electron chi connectivity index (χ4n) is 0.991. The maximum Gasteiger partial charge on any atom is 0.316 e. The molecular weight excluding hydrogens is 170 g/mol. The molecule has 1 rings (SSSR count). The fourth-order valence-corrected chi connectivity index (χ4v) is 0.991. The lowest BCUT2D eigenvalue weighted by molar-refractivity contribution is 0.124. The van der Waals surface area contributed by atoms with Gasteiger partial charge in [0.15, 0.2) is 0 Å². The van der Waals surface area contributed by atoms with Crippen LogP contribution in [0.3, 0.4) is 0 Å². The molecule has 13 heavy (non-hydrogen) atoms. The normalized spacial score (nSPS) is 9.62. The SMILES string of the molecule is NOCc1ccccc1NC(N)=O. The summed E-state index contributed by atoms with van der Waals surface area (Å²) in [4.78, 5) is 15.0. The zero-order valence-electron chi connectivity index (χ0n) is 6.99. The van der Waals surface area contributed by atoms with Gasteiger partial charge in [0, 0.05) is 11.3 Å². The number of anilines is 1. The van der Waals surface area contributed by atoms with Gasteiger partial charge in [-0.25, -0.2) is 10.7 Å². The number of nitrogens with two attached hydrogens (primary N) is 2. The van der Waals surface area contributed by atoms with Crippen molar-refractivity contribution in [1.82, 2.24) is 0 Å². The Labute approximate surface area is 75.6 Å². The number of primary amides is 1. The summed E-state index contributed by atoms with van der Waals surface area (Å²) in [6.45, 7) is 0.233. The smallest absolute Gasteiger partial charge is 0.316 e. The van der Waals surface area contributed by atoms with E-state index >= 15 is 0 Å². The molecule has 0 atom stereocenters. The number of hydrogen-bond donors (Lipinski definition) is 3. The van der Waals surface area contributed by atoms with Crippen LogP contribution in [-0.2, 0) is 11.4 Å². The van der Waals surface area contributed by atoms with E-state index < -0.39 is 6.03 Å². The molecule has 0 radical (unpaired) electrons. The molecule has 5 heteroatoms. The molecule has 0 unspecified atom stereocenters. The van der Waals surface area contributed by atoms with Gasteiger partial charge in [-0.1, -0.05) is 18.2 Å². The third-order valence-electron chi connectivity index (χ3n) is 1.51. The van der Waals surface area contributed by atoms with E-state index in [0.717, 1.165) is 5.56 Å². The summed E-state index contributed by atoms with van der Waals surface area (Å²) >= 11 is 0. The summed E-state index contributed by atoms with van der Waals surface area (Å²) in [6, 6.07) is 6.51. The average molecular weight is 181 g/mol. The minimum Gasteiger partial charge on any atom is -0.351 e. The number of carbonyl (C=O) groups is 1. The predicted molar refractivity (Wildman–Crippen MR) is 48.6 cm³/mol. The molecule has 5 N–H and O–H groups in total. The predicted octanol–water partition coefficient (Wildman–Crippen LogP) is 0.567. The number of nitrogens with one attached hydrogen (secondary N) is 1. The first-order valence-corrected chi connectivity index (χ1v) is 3.70. The van der Waals surface area contributed by atoms with Gasteiger partial charge in [-0.15, -0.1) is 0 Å². The summed E-state index contributed by atoms with van der Waals surface area (Å²) in [6.07, 6.45) is 0. The lowest BCUT2D eigenvalue weighted by Gasteiger charge is -2.07. The van der Waals surface area contributed by atoms with Crippen LogP contribution in [0.25, 0.3) is 0 Å². The van der Waals surface area contributed by atoms with Gasteiger partial charge in [0.05, 0.1) is 6.61 Å². The molecule has 0 spiro atoms. The third kappa shape index (κ3) is 2.73. The van der Waals surface area contributed by atoms with Crippen molar-refractivity contribution >= 4 is 11.7 Å². The van der Waals surface area contributed by atoms with Crippen molar-refractivity contribution in [3.05, 3.63) is 29.8 Å². The van der Waals surface area contributed by atoms with Crippen molar-refractivity contribution in [1.29, 1.82) is 0 Å². The first-order valence-electron chi connectivity index (χ1n) is 3.70. The van der Waals surface area contributed by atoms with Crippen LogP contribution >= 0.6 is 0 Å². The van der Waals surface area contributed by atoms with Crippen molar-refractivity contribution < 1.29 is 9.63 Å². The molecule has 1 aromatic carbocycles. The summed E-state index contributed by atoms with van der Waals surface area (Å²) in [5, 5.41) is 2.46. The average Bonchev–Trinajstić information content (AvgIpc) is 2.08. The lowest BCUT2D eigenvalue weighted by atomic mass is 10.2. The number of carbonyl (C=O) groups excluding carboxylic acids is 1. The van der Waals surface area contributed by atoms with Crippen molar-refractivity contribution in [2.75, 3.05) is 5.32 Å². The monoisotopic (exact) mass is 181 g/mol. The van der Waals surface area contributed by atoms with Crippen LogP contribution in [0.2, 0.25) is 0 Å². The minimum absolute atomic E-state index is 0.233. The van der Waals surface area contributed by atoms with Crippen LogP contribution in [0.15, 0.2) is 24.3 Å². The molecule has 5 nitrogen and oxygen atoms in total. The Bertz CT molecular complexity index is 301. The van der Waals surface area contributed by atoms with E-state index in [4.69, 9.17) is 11.6 Å². The highest BCUT2D eigenvalue weighted by atomic mass is 16.6. The van der Waals surface area contributed by atoms with Gasteiger partial charge in [0.25, 0.3) is 0 Å². The molecule has 0 fully saturated rings. The maximum absolute atomic E-state index is 10.6. The van der Waals surface area contributed by atoms with Crippen LogP contribution < -0.4 is 16.9 Å². The Morgan fingerprint density at radius 2 is 2.15 bits per heavy atom. The Hall–Kier alpha value is -1.59. The molecule has 0 saturated carbocycles. The van der Waals surface area contributed by atoms with Crippen LogP contribution in [0.5, 0.6) is 0 Å². The second-order valence-corrected chi connectivity index (χ2v) is 2.46. The first-order chi connectivity index (χ1) is 6.24. The quantitative estimate of drug-likeness (QED) is 0.595. The van der Waals surface area contributed by atoms with Crippen molar-refractivity contribution in [3.8, 4) is 0 Å². The van der Waals surface area contributed by atoms with Gasteiger partial charge in [-0.2, -0.15) is 0 Å². The number of para-hydroxylation sites is 1. The number of amides is 2. The molecule has 70 valence electrons. The number of urea groups is 1. The summed E-state index contributed by atoms with van der Waals surface area (Å²) < 4.78 is 0. The van der Waals surface area contributed by atoms with E-state index in [2.05, 4.69) is 10.2 Å². The minimum atomic E-state index is -0.607. The van der Waals surface area contributed by atoms with Gasteiger partial charge < -0.3 is 11.1 Å². The topological polar surface area (TPSA) is 90.4 Å². The Kier molecular flexibility index (Phi) is 3.24.